The highest BCUT2D eigenvalue weighted by molar-refractivity contribution is 6.32. The molecule has 0 saturated carbocycles. The van der Waals surface area contributed by atoms with E-state index in [1.54, 1.807) is 0 Å². The average Bonchev–Trinajstić information content (AvgIpc) is 2.53. The largest absolute Gasteiger partial charge is 0.482 e. The first kappa shape index (κ1) is 18.7. The molecule has 0 unspecified atom stereocenters. The molecule has 0 aliphatic rings. The second-order valence-electron chi connectivity index (χ2n) is 5.17. The van der Waals surface area contributed by atoms with Gasteiger partial charge in [-0.3, -0.25) is 9.59 Å². The highest BCUT2D eigenvalue weighted by Crippen LogP contribution is 2.24. The van der Waals surface area contributed by atoms with E-state index in [9.17, 15) is 18.4 Å². The third-order valence-corrected chi connectivity index (χ3v) is 3.46. The van der Waals surface area contributed by atoms with Gasteiger partial charge in [-0.1, -0.05) is 17.7 Å². The van der Waals surface area contributed by atoms with Gasteiger partial charge < -0.3 is 15.0 Å². The number of rotatable bonds is 6. The summed E-state index contributed by atoms with van der Waals surface area (Å²) < 4.78 is 31.2. The number of carbonyl (C=O) groups is 2. The standard InChI is InChI=1S/C17H15ClF2N2O3/c1-22(9-16(23)21-13-4-2-3-11(19)7-13)17(24)10-25-15-6-5-12(20)8-14(15)18/h2-8H,9-10H2,1H3,(H,21,23). The summed E-state index contributed by atoms with van der Waals surface area (Å²) in [6.45, 7) is -0.606. The van der Waals surface area contributed by atoms with Gasteiger partial charge in [0, 0.05) is 12.7 Å². The summed E-state index contributed by atoms with van der Waals surface area (Å²) in [6.07, 6.45) is 0. The zero-order valence-corrected chi connectivity index (χ0v) is 14.0. The van der Waals surface area contributed by atoms with E-state index < -0.39 is 23.4 Å². The van der Waals surface area contributed by atoms with Crippen molar-refractivity contribution in [2.75, 3.05) is 25.5 Å². The van der Waals surface area contributed by atoms with Crippen molar-refractivity contribution in [1.82, 2.24) is 4.90 Å². The minimum Gasteiger partial charge on any atom is -0.482 e. The number of ether oxygens (including phenoxy) is 1. The maximum atomic E-state index is 13.1. The van der Waals surface area contributed by atoms with E-state index >= 15 is 0 Å². The quantitative estimate of drug-likeness (QED) is 0.852. The lowest BCUT2D eigenvalue weighted by Gasteiger charge is -2.17. The van der Waals surface area contributed by atoms with Gasteiger partial charge in [-0.15, -0.1) is 0 Å². The molecule has 0 bridgehead atoms. The fraction of sp³-hybridized carbons (Fsp3) is 0.176. The van der Waals surface area contributed by atoms with Crippen molar-refractivity contribution in [1.29, 1.82) is 0 Å². The predicted octanol–water partition coefficient (Wildman–Crippen LogP) is 3.09. The first-order chi connectivity index (χ1) is 11.8. The molecule has 0 spiro atoms. The second kappa shape index (κ2) is 8.43. The maximum Gasteiger partial charge on any atom is 0.260 e. The van der Waals surface area contributed by atoms with Crippen molar-refractivity contribution in [2.45, 2.75) is 0 Å². The predicted molar refractivity (Wildman–Crippen MR) is 89.6 cm³/mol. The van der Waals surface area contributed by atoms with Crippen molar-refractivity contribution in [3.63, 3.8) is 0 Å². The zero-order valence-electron chi connectivity index (χ0n) is 13.3. The van der Waals surface area contributed by atoms with E-state index in [0.717, 1.165) is 17.0 Å². The van der Waals surface area contributed by atoms with E-state index in [4.69, 9.17) is 16.3 Å². The Balaban J connectivity index is 1.84. The van der Waals surface area contributed by atoms with Gasteiger partial charge in [0.15, 0.2) is 6.61 Å². The number of benzene rings is 2. The lowest BCUT2D eigenvalue weighted by molar-refractivity contribution is -0.135. The average molecular weight is 369 g/mol. The summed E-state index contributed by atoms with van der Waals surface area (Å²) in [7, 11) is 1.42. The molecule has 2 aromatic carbocycles. The molecule has 1 N–H and O–H groups in total. The van der Waals surface area contributed by atoms with Crippen LogP contribution in [0.15, 0.2) is 42.5 Å². The van der Waals surface area contributed by atoms with Gasteiger partial charge in [-0.25, -0.2) is 8.78 Å². The van der Waals surface area contributed by atoms with Crippen molar-refractivity contribution >= 4 is 29.1 Å². The van der Waals surface area contributed by atoms with Crippen molar-refractivity contribution in [3.05, 3.63) is 59.1 Å². The van der Waals surface area contributed by atoms with Crippen LogP contribution in [-0.4, -0.2) is 36.9 Å². The Labute approximate surface area is 148 Å². The molecule has 0 saturated heterocycles. The number of anilines is 1. The van der Waals surface area contributed by atoms with Crippen LogP contribution in [0.3, 0.4) is 0 Å². The van der Waals surface area contributed by atoms with Crippen LogP contribution >= 0.6 is 11.6 Å². The SMILES string of the molecule is CN(CC(=O)Nc1cccc(F)c1)C(=O)COc1ccc(F)cc1Cl. The Hall–Kier alpha value is -2.67. The number of hydrogen-bond donors (Lipinski definition) is 1. The fourth-order valence-electron chi connectivity index (χ4n) is 1.91. The molecule has 0 atom stereocenters. The van der Waals surface area contributed by atoms with E-state index in [1.165, 1.54) is 37.4 Å². The Kier molecular flexibility index (Phi) is 6.30. The molecule has 2 amide bonds. The molecule has 5 nitrogen and oxygen atoms in total. The number of likely N-dealkylation sites (N-methyl/N-ethyl adjacent to an activating group) is 1. The summed E-state index contributed by atoms with van der Waals surface area (Å²) in [5, 5.41) is 2.52. The maximum absolute atomic E-state index is 13.1. The first-order valence-electron chi connectivity index (χ1n) is 7.22. The minimum absolute atomic E-state index is 0.0410. The monoisotopic (exact) mass is 368 g/mol. The molecule has 0 aliphatic carbocycles. The first-order valence-corrected chi connectivity index (χ1v) is 7.60. The van der Waals surface area contributed by atoms with Gasteiger partial charge in [0.2, 0.25) is 5.91 Å². The molecule has 0 aromatic heterocycles. The number of halogens is 3. The van der Waals surface area contributed by atoms with E-state index in [-0.39, 0.29) is 23.9 Å². The number of nitrogens with zero attached hydrogens (tertiary/aromatic N) is 1. The number of amides is 2. The van der Waals surface area contributed by atoms with E-state index in [2.05, 4.69) is 5.32 Å². The molecular weight excluding hydrogens is 354 g/mol. The number of carbonyl (C=O) groups excluding carboxylic acids is 2. The van der Waals surface area contributed by atoms with Gasteiger partial charge in [-0.05, 0) is 36.4 Å². The third kappa shape index (κ3) is 5.72. The van der Waals surface area contributed by atoms with Crippen LogP contribution in [0.1, 0.15) is 0 Å². The van der Waals surface area contributed by atoms with E-state index in [1.807, 2.05) is 0 Å². The molecule has 25 heavy (non-hydrogen) atoms. The molecule has 0 fully saturated rings. The van der Waals surface area contributed by atoms with Gasteiger partial charge in [0.1, 0.15) is 17.4 Å². The van der Waals surface area contributed by atoms with Gasteiger partial charge in [-0.2, -0.15) is 0 Å². The van der Waals surface area contributed by atoms with Crippen LogP contribution in [0.2, 0.25) is 5.02 Å². The van der Waals surface area contributed by atoms with Gasteiger partial charge >= 0.3 is 0 Å². The molecule has 0 heterocycles. The number of hydrogen-bond acceptors (Lipinski definition) is 3. The highest BCUT2D eigenvalue weighted by Gasteiger charge is 2.15. The highest BCUT2D eigenvalue weighted by atomic mass is 35.5. The van der Waals surface area contributed by atoms with Crippen LogP contribution < -0.4 is 10.1 Å². The summed E-state index contributed by atoms with van der Waals surface area (Å²) in [5.74, 6) is -1.80. The van der Waals surface area contributed by atoms with Gasteiger partial charge in [0.25, 0.3) is 5.91 Å². The molecule has 0 radical (unpaired) electrons. The van der Waals surface area contributed by atoms with Crippen LogP contribution in [0.4, 0.5) is 14.5 Å². The summed E-state index contributed by atoms with van der Waals surface area (Å²) in [6, 6.07) is 8.94. The van der Waals surface area contributed by atoms with Crippen molar-refractivity contribution in [2.24, 2.45) is 0 Å². The molecule has 0 aliphatic heterocycles. The number of nitrogens with one attached hydrogen (secondary N) is 1. The Morgan fingerprint density at radius 2 is 1.88 bits per heavy atom. The normalized spacial score (nSPS) is 10.2. The topological polar surface area (TPSA) is 58.6 Å². The third-order valence-electron chi connectivity index (χ3n) is 3.16. The Morgan fingerprint density at radius 3 is 2.56 bits per heavy atom. The van der Waals surface area contributed by atoms with E-state index in [0.29, 0.717) is 5.69 Å². The van der Waals surface area contributed by atoms with Crippen molar-refractivity contribution < 1.29 is 23.1 Å². The van der Waals surface area contributed by atoms with Crippen LogP contribution in [0.25, 0.3) is 0 Å². The summed E-state index contributed by atoms with van der Waals surface area (Å²) in [4.78, 5) is 25.0. The summed E-state index contributed by atoms with van der Waals surface area (Å²) in [5.41, 5.74) is 0.292. The second-order valence-corrected chi connectivity index (χ2v) is 5.58. The smallest absolute Gasteiger partial charge is 0.260 e. The molecular formula is C17H15ClF2N2O3. The molecule has 132 valence electrons. The Bertz CT molecular complexity index is 786. The zero-order chi connectivity index (χ0) is 18.4. The molecule has 2 aromatic rings. The van der Waals surface area contributed by atoms with Crippen molar-refractivity contribution in [3.8, 4) is 5.75 Å². The van der Waals surface area contributed by atoms with Crippen LogP contribution in [0.5, 0.6) is 5.75 Å². The van der Waals surface area contributed by atoms with Gasteiger partial charge in [0.05, 0.1) is 11.6 Å². The van der Waals surface area contributed by atoms with Crippen LogP contribution in [0, 0.1) is 11.6 Å². The minimum atomic E-state index is -0.519. The molecule has 2 rings (SSSR count). The fourth-order valence-corrected chi connectivity index (χ4v) is 2.13. The molecule has 8 heteroatoms. The lowest BCUT2D eigenvalue weighted by atomic mass is 10.3. The van der Waals surface area contributed by atoms with Crippen LogP contribution in [-0.2, 0) is 9.59 Å². The summed E-state index contributed by atoms with van der Waals surface area (Å²) >= 11 is 5.80. The Morgan fingerprint density at radius 1 is 1.16 bits per heavy atom. The lowest BCUT2D eigenvalue weighted by Crippen LogP contribution is -2.37.